The third kappa shape index (κ3) is 5.07. The summed E-state index contributed by atoms with van der Waals surface area (Å²) >= 11 is 0. The molecular formula is C30H53NO3. The number of fused-ring (bicyclic) bond motifs is 5. The van der Waals surface area contributed by atoms with Crippen molar-refractivity contribution in [2.45, 2.75) is 125 Å². The van der Waals surface area contributed by atoms with Crippen molar-refractivity contribution in [3.63, 3.8) is 0 Å². The van der Waals surface area contributed by atoms with Gasteiger partial charge in [0.25, 0.3) is 0 Å². The molecule has 0 bridgehead atoms. The molecule has 9 atom stereocenters. The summed E-state index contributed by atoms with van der Waals surface area (Å²) in [6, 6.07) is 0.158. The summed E-state index contributed by atoms with van der Waals surface area (Å²) in [4.78, 5) is 24.1. The van der Waals surface area contributed by atoms with E-state index in [2.05, 4.69) is 39.9 Å². The van der Waals surface area contributed by atoms with Gasteiger partial charge in [0, 0.05) is 18.9 Å². The van der Waals surface area contributed by atoms with E-state index in [1.54, 1.807) is 0 Å². The Bertz CT molecular complexity index is 720. The first-order chi connectivity index (χ1) is 16.1. The molecule has 0 aromatic heterocycles. The van der Waals surface area contributed by atoms with E-state index in [-0.39, 0.29) is 29.7 Å². The summed E-state index contributed by atoms with van der Waals surface area (Å²) in [5.74, 6) is 3.75. The van der Waals surface area contributed by atoms with E-state index in [9.17, 15) is 14.7 Å². The normalized spacial score (nSPS) is 41.9. The largest absolute Gasteiger partial charge is 0.481 e. The average molecular weight is 476 g/mol. The van der Waals surface area contributed by atoms with Crippen molar-refractivity contribution in [3.8, 4) is 0 Å². The van der Waals surface area contributed by atoms with E-state index in [1.807, 2.05) is 13.8 Å². The van der Waals surface area contributed by atoms with Crippen LogP contribution in [-0.2, 0) is 9.59 Å². The first-order valence-electron chi connectivity index (χ1n) is 14.6. The molecule has 0 aromatic rings. The van der Waals surface area contributed by atoms with Gasteiger partial charge < -0.3 is 10.4 Å². The lowest BCUT2D eigenvalue weighted by atomic mass is 9.44. The van der Waals surface area contributed by atoms with Gasteiger partial charge in [-0.2, -0.15) is 0 Å². The number of amides is 1. The number of nitrogens with one attached hydrogen (secondary N) is 1. The van der Waals surface area contributed by atoms with Crippen LogP contribution in [0.3, 0.4) is 0 Å². The Morgan fingerprint density at radius 2 is 1.71 bits per heavy atom. The lowest BCUT2D eigenvalue weighted by Gasteiger charge is -2.62. The lowest BCUT2D eigenvalue weighted by molar-refractivity contribution is -0.154. The van der Waals surface area contributed by atoms with Crippen molar-refractivity contribution in [2.75, 3.05) is 0 Å². The SMILES string of the molecule is CC.CC(C)CCCC(C)C1CCC2C3C(CC(=O)O)CC4NC(=O)CC[C@]4(C)C3CCC12C. The molecule has 0 aromatic carbocycles. The molecule has 4 heteroatoms. The number of hydrogen-bond acceptors (Lipinski definition) is 2. The van der Waals surface area contributed by atoms with Crippen LogP contribution in [0, 0.1) is 52.3 Å². The zero-order chi connectivity index (χ0) is 25.3. The molecule has 4 aliphatic rings. The minimum atomic E-state index is -0.664. The fourth-order valence-electron chi connectivity index (χ4n) is 9.31. The Morgan fingerprint density at radius 1 is 1.03 bits per heavy atom. The second-order valence-electron chi connectivity index (χ2n) is 13.0. The van der Waals surface area contributed by atoms with Crippen molar-refractivity contribution < 1.29 is 14.7 Å². The summed E-state index contributed by atoms with van der Waals surface area (Å²) in [5, 5.41) is 13.1. The van der Waals surface area contributed by atoms with Crippen LogP contribution in [0.4, 0.5) is 0 Å². The molecule has 8 unspecified atom stereocenters. The number of carbonyl (C=O) groups excluding carboxylic acids is 1. The molecule has 3 aliphatic carbocycles. The number of carboxylic acid groups (broad SMARTS) is 1. The summed E-state index contributed by atoms with van der Waals surface area (Å²) in [5.41, 5.74) is 0.492. The second-order valence-corrected chi connectivity index (χ2v) is 13.0. The number of aliphatic carboxylic acids is 1. The topological polar surface area (TPSA) is 66.4 Å². The Hall–Kier alpha value is -1.06. The molecule has 4 rings (SSSR count). The van der Waals surface area contributed by atoms with E-state index in [4.69, 9.17) is 0 Å². The van der Waals surface area contributed by atoms with Crippen LogP contribution in [-0.4, -0.2) is 23.0 Å². The Balaban J connectivity index is 0.00000158. The van der Waals surface area contributed by atoms with Gasteiger partial charge in [-0.1, -0.05) is 67.7 Å². The quantitative estimate of drug-likeness (QED) is 0.405. The molecule has 4 nitrogen and oxygen atoms in total. The van der Waals surface area contributed by atoms with Gasteiger partial charge in [-0.25, -0.2) is 0 Å². The molecule has 0 radical (unpaired) electrons. The summed E-state index contributed by atoms with van der Waals surface area (Å²) in [6.45, 7) is 16.1. The van der Waals surface area contributed by atoms with Crippen LogP contribution >= 0.6 is 0 Å². The third-order valence-corrected chi connectivity index (χ3v) is 10.9. The maximum atomic E-state index is 12.2. The highest BCUT2D eigenvalue weighted by molar-refractivity contribution is 5.77. The van der Waals surface area contributed by atoms with Gasteiger partial charge in [0.1, 0.15) is 0 Å². The predicted octanol–water partition coefficient (Wildman–Crippen LogP) is 7.31. The monoisotopic (exact) mass is 475 g/mol. The van der Waals surface area contributed by atoms with Gasteiger partial charge >= 0.3 is 5.97 Å². The van der Waals surface area contributed by atoms with E-state index >= 15 is 0 Å². The van der Waals surface area contributed by atoms with Crippen molar-refractivity contribution in [1.29, 1.82) is 0 Å². The maximum Gasteiger partial charge on any atom is 0.303 e. The number of hydrogen-bond donors (Lipinski definition) is 2. The highest BCUT2D eigenvalue weighted by Crippen LogP contribution is 2.68. The van der Waals surface area contributed by atoms with Crippen LogP contribution in [0.2, 0.25) is 0 Å². The molecule has 1 heterocycles. The maximum absolute atomic E-state index is 12.2. The van der Waals surface area contributed by atoms with Gasteiger partial charge in [0.05, 0.1) is 0 Å². The Kier molecular flexibility index (Phi) is 8.83. The number of carbonyl (C=O) groups is 2. The van der Waals surface area contributed by atoms with Gasteiger partial charge in [0.15, 0.2) is 0 Å². The molecule has 196 valence electrons. The van der Waals surface area contributed by atoms with Crippen LogP contribution in [0.5, 0.6) is 0 Å². The molecule has 1 amide bonds. The summed E-state index contributed by atoms with van der Waals surface area (Å²) < 4.78 is 0. The Labute approximate surface area is 209 Å². The number of rotatable bonds is 7. The predicted molar refractivity (Wildman–Crippen MR) is 139 cm³/mol. The van der Waals surface area contributed by atoms with Gasteiger partial charge in [-0.15, -0.1) is 0 Å². The van der Waals surface area contributed by atoms with E-state index in [0.717, 1.165) is 30.6 Å². The van der Waals surface area contributed by atoms with Gasteiger partial charge in [0.2, 0.25) is 5.91 Å². The van der Waals surface area contributed by atoms with Crippen molar-refractivity contribution in [3.05, 3.63) is 0 Å². The van der Waals surface area contributed by atoms with Gasteiger partial charge in [-0.05, 0) is 90.8 Å². The van der Waals surface area contributed by atoms with E-state index in [1.165, 1.54) is 44.9 Å². The smallest absolute Gasteiger partial charge is 0.303 e. The molecule has 2 N–H and O–H groups in total. The second kappa shape index (κ2) is 10.9. The molecule has 0 spiro atoms. The van der Waals surface area contributed by atoms with E-state index in [0.29, 0.717) is 29.6 Å². The average Bonchev–Trinajstić information content (AvgIpc) is 3.13. The highest BCUT2D eigenvalue weighted by Gasteiger charge is 2.63. The molecule has 1 aliphatic heterocycles. The van der Waals surface area contributed by atoms with Crippen LogP contribution in [0.25, 0.3) is 0 Å². The van der Waals surface area contributed by atoms with Crippen LogP contribution < -0.4 is 5.32 Å². The fourth-order valence-corrected chi connectivity index (χ4v) is 9.31. The highest BCUT2D eigenvalue weighted by atomic mass is 16.4. The van der Waals surface area contributed by atoms with Gasteiger partial charge in [-0.3, -0.25) is 9.59 Å². The van der Waals surface area contributed by atoms with Crippen LogP contribution in [0.1, 0.15) is 119 Å². The summed E-state index contributed by atoms with van der Waals surface area (Å²) in [7, 11) is 0. The minimum absolute atomic E-state index is 0.135. The molecule has 3 saturated carbocycles. The zero-order valence-corrected chi connectivity index (χ0v) is 23.2. The number of piperidine rings is 1. The standard InChI is InChI=1S/C28H47NO3.C2H6/c1-17(2)7-6-8-18(3)20-9-10-21-26-19(16-25(31)32)15-23-28(5,14-12-24(30)29-23)22(26)11-13-27(20,21)4;1-2/h17-23,26H,6-16H2,1-5H3,(H,29,30)(H,31,32);1-2H3/t18?,19?,20?,21?,22?,23?,26?,27?,28-;/m1./s1. The first-order valence-corrected chi connectivity index (χ1v) is 14.6. The van der Waals surface area contributed by atoms with Crippen LogP contribution in [0.15, 0.2) is 0 Å². The fraction of sp³-hybridized carbons (Fsp3) is 0.933. The Morgan fingerprint density at radius 3 is 2.35 bits per heavy atom. The van der Waals surface area contributed by atoms with E-state index < -0.39 is 5.97 Å². The third-order valence-electron chi connectivity index (χ3n) is 10.9. The first kappa shape index (κ1) is 27.5. The number of carboxylic acids is 1. The van der Waals surface area contributed by atoms with Crippen molar-refractivity contribution in [2.24, 2.45) is 52.3 Å². The van der Waals surface area contributed by atoms with Crippen molar-refractivity contribution in [1.82, 2.24) is 5.32 Å². The molecule has 34 heavy (non-hydrogen) atoms. The summed E-state index contributed by atoms with van der Waals surface area (Å²) in [6.07, 6.45) is 11.8. The molecule has 4 fully saturated rings. The molecule has 1 saturated heterocycles. The molecular weight excluding hydrogens is 422 g/mol. The lowest BCUT2D eigenvalue weighted by Crippen LogP contribution is -2.63. The zero-order valence-electron chi connectivity index (χ0n) is 23.2. The van der Waals surface area contributed by atoms with Crippen molar-refractivity contribution >= 4 is 11.9 Å². The minimum Gasteiger partial charge on any atom is -0.481 e.